The Morgan fingerprint density at radius 1 is 1.00 bits per heavy atom. The lowest BCUT2D eigenvalue weighted by Crippen LogP contribution is -2.45. The number of hydrogen-bond donors (Lipinski definition) is 1. The van der Waals surface area contributed by atoms with Crippen molar-refractivity contribution in [2.45, 2.75) is 83.8 Å². The Hall–Kier alpha value is -4.58. The van der Waals surface area contributed by atoms with E-state index in [1.165, 1.54) is 12.1 Å². The van der Waals surface area contributed by atoms with Gasteiger partial charge in [0, 0.05) is 29.3 Å². The molecule has 6 bridgehead atoms. The molecule has 256 valence electrons. The van der Waals surface area contributed by atoms with Crippen molar-refractivity contribution in [3.63, 3.8) is 0 Å². The van der Waals surface area contributed by atoms with Gasteiger partial charge in [0.15, 0.2) is 0 Å². The summed E-state index contributed by atoms with van der Waals surface area (Å²) in [5, 5.41) is 0. The number of aryl methyl sites for hydroxylation is 2. The zero-order valence-corrected chi connectivity index (χ0v) is 29.7. The Morgan fingerprint density at radius 2 is 1.73 bits per heavy atom. The van der Waals surface area contributed by atoms with E-state index in [0.717, 1.165) is 41.9 Å². The summed E-state index contributed by atoms with van der Waals surface area (Å²) in [7, 11) is -4.17. The molecule has 12 heteroatoms. The number of anilines is 2. The minimum absolute atomic E-state index is 0.0727. The van der Waals surface area contributed by atoms with Crippen molar-refractivity contribution in [3.05, 3.63) is 83.3 Å². The van der Waals surface area contributed by atoms with Crippen LogP contribution in [0.15, 0.2) is 65.8 Å². The summed E-state index contributed by atoms with van der Waals surface area (Å²) in [5.74, 6) is 1.25. The molecule has 1 atom stereocenters. The average molecular weight is 682 g/mol. The van der Waals surface area contributed by atoms with Crippen LogP contribution in [0.1, 0.15) is 74.1 Å². The van der Waals surface area contributed by atoms with E-state index in [-0.39, 0.29) is 52.3 Å². The van der Waals surface area contributed by atoms with Crippen molar-refractivity contribution in [3.8, 4) is 17.1 Å². The lowest BCUT2D eigenvalue weighted by atomic mass is 9.75. The number of carbonyl (C=O) groups is 1. The molecule has 1 N–H and O–H groups in total. The minimum atomic E-state index is -4.17. The van der Waals surface area contributed by atoms with Crippen LogP contribution in [0.5, 0.6) is 5.88 Å². The maximum atomic E-state index is 14.5. The van der Waals surface area contributed by atoms with Crippen LogP contribution in [0.25, 0.3) is 11.3 Å². The standard InChI is InChI=1S/C37H43N7O4S/c1-23-9-7-10-24(2)33(23)30-14-32-41-35(40-30)42-49(46,47)29-12-8-11-26(13-29)34(45)43(28(22-48-32)17-36(3,4)5)21-27-18-38-19-31(39-27)44-20-25-15-37(44,6)16-25/h7-14,18-19,25,28H,15-17,20-22H2,1-6H3,(H,40,41,42)/t25?,28-,37?/m1/s1. The summed E-state index contributed by atoms with van der Waals surface area (Å²) >= 11 is 0. The number of nitrogens with one attached hydrogen (secondary N) is 1. The Bertz CT molecular complexity index is 2020. The molecule has 0 unspecified atom stereocenters. The third-order valence-electron chi connectivity index (χ3n) is 9.86. The fraction of sp³-hybridized carbons (Fsp3) is 0.432. The van der Waals surface area contributed by atoms with Gasteiger partial charge >= 0.3 is 0 Å². The molecule has 2 saturated heterocycles. The lowest BCUT2D eigenvalue weighted by Gasteiger charge is -2.39. The first-order valence-corrected chi connectivity index (χ1v) is 18.3. The second kappa shape index (κ2) is 12.1. The number of hydrogen-bond acceptors (Lipinski definition) is 9. The van der Waals surface area contributed by atoms with Crippen molar-refractivity contribution >= 4 is 27.7 Å². The summed E-state index contributed by atoms with van der Waals surface area (Å²) in [4.78, 5) is 37.2. The molecule has 0 spiro atoms. The Kier molecular flexibility index (Phi) is 8.12. The van der Waals surface area contributed by atoms with Gasteiger partial charge in [0.1, 0.15) is 12.4 Å². The van der Waals surface area contributed by atoms with E-state index in [9.17, 15) is 13.2 Å². The minimum Gasteiger partial charge on any atom is -0.475 e. The first-order valence-electron chi connectivity index (χ1n) is 16.8. The first kappa shape index (κ1) is 32.9. The van der Waals surface area contributed by atoms with E-state index in [4.69, 9.17) is 9.72 Å². The molecular formula is C37H43N7O4S. The number of nitrogens with zero attached hydrogens (tertiary/aromatic N) is 6. The van der Waals surface area contributed by atoms with Crippen LogP contribution in [-0.2, 0) is 16.6 Å². The van der Waals surface area contributed by atoms with Gasteiger partial charge in [0.25, 0.3) is 15.9 Å². The van der Waals surface area contributed by atoms with E-state index < -0.39 is 16.1 Å². The summed E-state index contributed by atoms with van der Waals surface area (Å²) in [6.45, 7) is 13.8. The molecule has 4 aromatic rings. The lowest BCUT2D eigenvalue weighted by molar-refractivity contribution is 0.0509. The largest absolute Gasteiger partial charge is 0.475 e. The molecule has 2 aromatic heterocycles. The number of aromatic nitrogens is 4. The highest BCUT2D eigenvalue weighted by Crippen LogP contribution is 2.51. The number of carbonyl (C=O) groups excluding carboxylic acids is 1. The maximum absolute atomic E-state index is 14.5. The molecule has 11 nitrogen and oxygen atoms in total. The van der Waals surface area contributed by atoms with Crippen LogP contribution in [0.4, 0.5) is 11.8 Å². The zero-order chi connectivity index (χ0) is 34.7. The van der Waals surface area contributed by atoms with Gasteiger partial charge in [0.2, 0.25) is 11.8 Å². The zero-order valence-electron chi connectivity index (χ0n) is 28.9. The Morgan fingerprint density at radius 3 is 2.43 bits per heavy atom. The Labute approximate surface area is 288 Å². The van der Waals surface area contributed by atoms with Crippen molar-refractivity contribution in [1.29, 1.82) is 0 Å². The predicted molar refractivity (Wildman–Crippen MR) is 188 cm³/mol. The highest BCUT2D eigenvalue weighted by atomic mass is 32.2. The van der Waals surface area contributed by atoms with Crippen LogP contribution < -0.4 is 14.4 Å². The maximum Gasteiger partial charge on any atom is 0.264 e. The van der Waals surface area contributed by atoms with Crippen LogP contribution in [-0.4, -0.2) is 63.9 Å². The van der Waals surface area contributed by atoms with Gasteiger partial charge in [-0.15, -0.1) is 0 Å². The van der Waals surface area contributed by atoms with Crippen molar-refractivity contribution in [2.75, 3.05) is 22.8 Å². The fourth-order valence-corrected chi connectivity index (χ4v) is 8.69. The summed E-state index contributed by atoms with van der Waals surface area (Å²) < 4.78 is 36.4. The van der Waals surface area contributed by atoms with E-state index in [2.05, 4.69) is 52.3 Å². The van der Waals surface area contributed by atoms with Crippen molar-refractivity contribution in [1.82, 2.24) is 24.8 Å². The van der Waals surface area contributed by atoms with E-state index in [1.807, 2.05) is 32.0 Å². The van der Waals surface area contributed by atoms with Gasteiger partial charge in [-0.1, -0.05) is 45.0 Å². The van der Waals surface area contributed by atoms with Crippen molar-refractivity contribution in [2.24, 2.45) is 11.3 Å². The van der Waals surface area contributed by atoms with E-state index >= 15 is 0 Å². The highest BCUT2D eigenvalue weighted by molar-refractivity contribution is 7.92. The molecular weight excluding hydrogens is 639 g/mol. The predicted octanol–water partition coefficient (Wildman–Crippen LogP) is 6.18. The van der Waals surface area contributed by atoms with Crippen molar-refractivity contribution < 1.29 is 17.9 Å². The van der Waals surface area contributed by atoms with Gasteiger partial charge in [-0.2, -0.15) is 4.98 Å². The molecule has 8 rings (SSSR count). The van der Waals surface area contributed by atoms with Gasteiger partial charge in [0.05, 0.1) is 41.3 Å². The number of ether oxygens (including phenoxy) is 1. The molecule has 0 radical (unpaired) electrons. The van der Waals surface area contributed by atoms with E-state index in [1.54, 1.807) is 35.5 Å². The van der Waals surface area contributed by atoms with Crippen LogP contribution in [0.2, 0.25) is 0 Å². The normalized spacial score (nSPS) is 23.0. The van der Waals surface area contributed by atoms with Gasteiger partial charge in [-0.05, 0) is 80.7 Å². The quantitative estimate of drug-likeness (QED) is 0.262. The monoisotopic (exact) mass is 681 g/mol. The second-order valence-electron chi connectivity index (χ2n) is 15.2. The number of fused-ring (bicyclic) bond motifs is 5. The number of rotatable bonds is 5. The van der Waals surface area contributed by atoms with Gasteiger partial charge in [-0.25, -0.2) is 23.1 Å². The highest BCUT2D eigenvalue weighted by Gasteiger charge is 2.53. The van der Waals surface area contributed by atoms with Crippen LogP contribution in [0, 0.1) is 25.2 Å². The Balaban J connectivity index is 1.33. The number of sulfonamides is 1. The second-order valence-corrected chi connectivity index (χ2v) is 16.9. The molecule has 1 aliphatic carbocycles. The summed E-state index contributed by atoms with van der Waals surface area (Å²) in [6, 6.07) is 13.3. The summed E-state index contributed by atoms with van der Waals surface area (Å²) in [6.07, 6.45) is 6.40. The average Bonchev–Trinajstić information content (AvgIpc) is 3.54. The van der Waals surface area contributed by atoms with Gasteiger partial charge < -0.3 is 14.5 Å². The third-order valence-corrected chi connectivity index (χ3v) is 11.2. The topological polar surface area (TPSA) is 131 Å². The first-order chi connectivity index (χ1) is 23.2. The van der Waals surface area contributed by atoms with Gasteiger partial charge in [-0.3, -0.25) is 9.78 Å². The molecule has 1 saturated carbocycles. The molecule has 5 heterocycles. The van der Waals surface area contributed by atoms with E-state index in [0.29, 0.717) is 23.7 Å². The molecule has 3 fully saturated rings. The SMILES string of the molecule is Cc1cccc(C)c1-c1cc2nc(n1)NS(=O)(=O)c1cccc(c1)C(=O)N(Cc1cncc(N3CC4CC3(C)C4)n1)[C@H](CC(C)(C)C)CO2. The molecule has 1 amide bonds. The molecule has 2 aromatic carbocycles. The number of benzene rings is 2. The molecule has 49 heavy (non-hydrogen) atoms. The smallest absolute Gasteiger partial charge is 0.264 e. The fourth-order valence-electron chi connectivity index (χ4n) is 7.70. The van der Waals surface area contributed by atoms with Crippen LogP contribution in [0.3, 0.4) is 0 Å². The summed E-state index contributed by atoms with van der Waals surface area (Å²) in [5.41, 5.74) is 4.15. The van der Waals surface area contributed by atoms with Crippen LogP contribution >= 0.6 is 0 Å². The molecule has 4 aliphatic rings. The number of amides is 1. The molecule has 3 aliphatic heterocycles. The third kappa shape index (κ3) is 6.58.